The normalized spacial score (nSPS) is 20.9. The molecule has 0 aromatic heterocycles. The van der Waals surface area contributed by atoms with Gasteiger partial charge >= 0.3 is 7.12 Å². The summed E-state index contributed by atoms with van der Waals surface area (Å²) in [6.07, 6.45) is 2.10. The Morgan fingerprint density at radius 2 is 1.71 bits per heavy atom. The van der Waals surface area contributed by atoms with Crippen LogP contribution < -0.4 is 5.73 Å². The molecule has 3 nitrogen and oxygen atoms in total. The maximum atomic E-state index is 6.09. The van der Waals surface area contributed by atoms with Crippen molar-refractivity contribution in [3.8, 4) is 0 Å². The second kappa shape index (κ2) is 5.60. The van der Waals surface area contributed by atoms with E-state index in [2.05, 4.69) is 65.8 Å². The second-order valence-corrected chi connectivity index (χ2v) is 6.87. The Balaban J connectivity index is 2.33. The topological polar surface area (TPSA) is 44.5 Å². The van der Waals surface area contributed by atoms with Gasteiger partial charge in [0.1, 0.15) is 0 Å². The van der Waals surface area contributed by atoms with Crippen molar-refractivity contribution in [1.29, 1.82) is 0 Å². The summed E-state index contributed by atoms with van der Waals surface area (Å²) in [4.78, 5) is 0. The van der Waals surface area contributed by atoms with E-state index in [0.717, 1.165) is 5.47 Å². The number of aryl methyl sites for hydroxylation is 2. The fourth-order valence-electron chi connectivity index (χ4n) is 2.33. The maximum Gasteiger partial charge on any atom is 0.491 e. The molecule has 21 heavy (non-hydrogen) atoms. The zero-order valence-electron chi connectivity index (χ0n) is 14.0. The fourth-order valence-corrected chi connectivity index (χ4v) is 2.33. The van der Waals surface area contributed by atoms with Crippen LogP contribution in [0.2, 0.25) is 0 Å². The summed E-state index contributed by atoms with van der Waals surface area (Å²) in [6.45, 7) is 12.8. The molecule has 0 radical (unpaired) electrons. The number of hydrogen-bond acceptors (Lipinski definition) is 3. The van der Waals surface area contributed by atoms with Crippen LogP contribution in [0.1, 0.15) is 44.4 Å². The number of hydrogen-bond donors (Lipinski definition) is 1. The molecular formula is C17H26BNO2. The molecule has 114 valence electrons. The quantitative estimate of drug-likeness (QED) is 0.868. The van der Waals surface area contributed by atoms with E-state index in [-0.39, 0.29) is 18.3 Å². The molecule has 4 heteroatoms. The van der Waals surface area contributed by atoms with Crippen LogP contribution in [0.5, 0.6) is 0 Å². The highest BCUT2D eigenvalue weighted by Gasteiger charge is 2.52. The van der Waals surface area contributed by atoms with E-state index in [1.54, 1.807) is 0 Å². The Labute approximate surface area is 128 Å². The van der Waals surface area contributed by atoms with Gasteiger partial charge in [-0.2, -0.15) is 0 Å². The summed E-state index contributed by atoms with van der Waals surface area (Å²) in [5, 5.41) is 0. The maximum absolute atomic E-state index is 6.09. The van der Waals surface area contributed by atoms with Gasteiger partial charge in [0.2, 0.25) is 0 Å². The molecule has 1 saturated heterocycles. The van der Waals surface area contributed by atoms with Crippen molar-refractivity contribution in [3.63, 3.8) is 0 Å². The summed E-state index contributed by atoms with van der Waals surface area (Å²) in [5.41, 5.74) is 9.86. The molecule has 0 saturated carbocycles. The monoisotopic (exact) mass is 287 g/mol. The van der Waals surface area contributed by atoms with Crippen molar-refractivity contribution in [2.75, 3.05) is 6.54 Å². The molecule has 2 N–H and O–H groups in total. The van der Waals surface area contributed by atoms with Crippen molar-refractivity contribution >= 4 is 13.2 Å². The SMILES string of the molecule is Cc1ccc(C)c(C=C(CN)B2OC(C)(C)C(C)(C)O2)c1. The first-order valence-corrected chi connectivity index (χ1v) is 7.50. The van der Waals surface area contributed by atoms with Gasteiger partial charge < -0.3 is 15.0 Å². The molecule has 1 heterocycles. The predicted octanol–water partition coefficient (Wildman–Crippen LogP) is 3.28. The number of benzene rings is 1. The van der Waals surface area contributed by atoms with E-state index >= 15 is 0 Å². The van der Waals surface area contributed by atoms with E-state index in [4.69, 9.17) is 15.0 Å². The minimum atomic E-state index is -0.375. The molecule has 1 aliphatic heterocycles. The first-order chi connectivity index (χ1) is 9.66. The lowest BCUT2D eigenvalue weighted by Crippen LogP contribution is -2.41. The molecule has 0 unspecified atom stereocenters. The van der Waals surface area contributed by atoms with Crippen LogP contribution in [0.3, 0.4) is 0 Å². The standard InChI is InChI=1S/C17H26BNO2/c1-12-7-8-13(2)14(9-12)10-15(11-19)18-20-16(3,4)17(5,6)21-18/h7-10H,11,19H2,1-6H3. The summed E-state index contributed by atoms with van der Waals surface area (Å²) < 4.78 is 12.2. The minimum absolute atomic E-state index is 0.340. The molecule has 1 aromatic carbocycles. The van der Waals surface area contributed by atoms with Crippen molar-refractivity contribution in [3.05, 3.63) is 40.4 Å². The third-order valence-electron chi connectivity index (χ3n) is 4.57. The summed E-state index contributed by atoms with van der Waals surface area (Å²) in [5.74, 6) is 0. The van der Waals surface area contributed by atoms with Crippen LogP contribution in [0.4, 0.5) is 0 Å². The third kappa shape index (κ3) is 3.23. The largest absolute Gasteiger partial charge is 0.491 e. The lowest BCUT2D eigenvalue weighted by atomic mass is 9.77. The fraction of sp³-hybridized carbons (Fsp3) is 0.529. The molecule has 2 rings (SSSR count). The van der Waals surface area contributed by atoms with Crippen molar-refractivity contribution in [1.82, 2.24) is 0 Å². The molecular weight excluding hydrogens is 261 g/mol. The molecule has 1 aromatic rings. The summed E-state index contributed by atoms with van der Waals surface area (Å²) in [6, 6.07) is 6.40. The number of rotatable bonds is 3. The molecule has 0 atom stereocenters. The van der Waals surface area contributed by atoms with Crippen LogP contribution >= 0.6 is 0 Å². The number of nitrogens with two attached hydrogens (primary N) is 1. The summed E-state index contributed by atoms with van der Waals surface area (Å²) >= 11 is 0. The van der Waals surface area contributed by atoms with Gasteiger partial charge in [-0.25, -0.2) is 0 Å². The lowest BCUT2D eigenvalue weighted by molar-refractivity contribution is 0.00578. The first-order valence-electron chi connectivity index (χ1n) is 7.50. The lowest BCUT2D eigenvalue weighted by Gasteiger charge is -2.32. The van der Waals surface area contributed by atoms with Gasteiger partial charge in [0.15, 0.2) is 0 Å². The Hall–Kier alpha value is -1.10. The molecule has 1 aliphatic rings. The van der Waals surface area contributed by atoms with Crippen LogP contribution in [-0.2, 0) is 9.31 Å². The predicted molar refractivity (Wildman–Crippen MR) is 89.0 cm³/mol. The van der Waals surface area contributed by atoms with E-state index in [0.29, 0.717) is 6.54 Å². The van der Waals surface area contributed by atoms with Crippen LogP contribution in [0, 0.1) is 13.8 Å². The van der Waals surface area contributed by atoms with Crippen LogP contribution in [-0.4, -0.2) is 24.9 Å². The van der Waals surface area contributed by atoms with Gasteiger partial charge in [-0.1, -0.05) is 29.8 Å². The van der Waals surface area contributed by atoms with Gasteiger partial charge in [0.25, 0.3) is 0 Å². The highest BCUT2D eigenvalue weighted by molar-refractivity contribution is 6.55. The van der Waals surface area contributed by atoms with Crippen molar-refractivity contribution in [2.45, 2.75) is 52.7 Å². The van der Waals surface area contributed by atoms with Gasteiger partial charge in [0, 0.05) is 6.54 Å². The zero-order valence-corrected chi connectivity index (χ0v) is 14.0. The first kappa shape index (κ1) is 16.3. The van der Waals surface area contributed by atoms with E-state index in [1.165, 1.54) is 16.7 Å². The van der Waals surface area contributed by atoms with E-state index < -0.39 is 0 Å². The molecule has 0 aliphatic carbocycles. The van der Waals surface area contributed by atoms with Crippen LogP contribution in [0.15, 0.2) is 23.7 Å². The van der Waals surface area contributed by atoms with Gasteiger partial charge in [0.05, 0.1) is 11.2 Å². The highest BCUT2D eigenvalue weighted by atomic mass is 16.7. The Morgan fingerprint density at radius 3 is 2.24 bits per heavy atom. The molecule has 1 fully saturated rings. The average molecular weight is 287 g/mol. The zero-order chi connectivity index (χ0) is 15.8. The summed E-state index contributed by atoms with van der Waals surface area (Å²) in [7, 11) is -0.375. The Kier molecular flexibility index (Phi) is 4.34. The van der Waals surface area contributed by atoms with Crippen LogP contribution in [0.25, 0.3) is 6.08 Å². The van der Waals surface area contributed by atoms with Crippen molar-refractivity contribution in [2.24, 2.45) is 5.73 Å². The smallest absolute Gasteiger partial charge is 0.400 e. The average Bonchev–Trinajstić information content (AvgIpc) is 2.59. The van der Waals surface area contributed by atoms with Gasteiger partial charge in [-0.05, 0) is 58.1 Å². The Bertz CT molecular complexity index is 548. The molecule has 0 bridgehead atoms. The second-order valence-electron chi connectivity index (χ2n) is 6.87. The Morgan fingerprint density at radius 1 is 1.14 bits per heavy atom. The van der Waals surface area contributed by atoms with Gasteiger partial charge in [-0.3, -0.25) is 0 Å². The molecule has 0 spiro atoms. The van der Waals surface area contributed by atoms with E-state index in [9.17, 15) is 0 Å². The molecule has 0 amide bonds. The van der Waals surface area contributed by atoms with Gasteiger partial charge in [-0.15, -0.1) is 0 Å². The van der Waals surface area contributed by atoms with E-state index in [1.807, 2.05) is 0 Å². The minimum Gasteiger partial charge on any atom is -0.400 e. The van der Waals surface area contributed by atoms with Crippen molar-refractivity contribution < 1.29 is 9.31 Å². The highest BCUT2D eigenvalue weighted by Crippen LogP contribution is 2.38. The third-order valence-corrected chi connectivity index (χ3v) is 4.57.